The van der Waals surface area contributed by atoms with Gasteiger partial charge in [-0.1, -0.05) is 0 Å². The van der Waals surface area contributed by atoms with Crippen molar-refractivity contribution in [3.8, 4) is 0 Å². The summed E-state index contributed by atoms with van der Waals surface area (Å²) in [6.07, 6.45) is 4.59. The van der Waals surface area contributed by atoms with E-state index in [-0.39, 0.29) is 0 Å². The van der Waals surface area contributed by atoms with Crippen molar-refractivity contribution in [3.05, 3.63) is 41.2 Å². The monoisotopic (exact) mass is 326 g/mol. The number of hydrogen-bond acceptors (Lipinski definition) is 5. The van der Waals surface area contributed by atoms with Crippen LogP contribution in [0, 0.1) is 0 Å². The van der Waals surface area contributed by atoms with Gasteiger partial charge in [0.25, 0.3) is 0 Å². The molecule has 1 aliphatic carbocycles. The number of thiophene rings is 1. The van der Waals surface area contributed by atoms with E-state index >= 15 is 0 Å². The lowest BCUT2D eigenvalue weighted by Gasteiger charge is -2.03. The van der Waals surface area contributed by atoms with E-state index in [1.807, 2.05) is 12.1 Å². The van der Waals surface area contributed by atoms with Crippen LogP contribution in [-0.4, -0.2) is 21.0 Å². The van der Waals surface area contributed by atoms with E-state index in [0.29, 0.717) is 23.2 Å². The van der Waals surface area contributed by atoms with Crippen LogP contribution in [0.2, 0.25) is 0 Å². The van der Waals surface area contributed by atoms with Gasteiger partial charge in [-0.3, -0.25) is 0 Å². The number of sulfonamides is 1. The zero-order valence-corrected chi connectivity index (χ0v) is 13.2. The summed E-state index contributed by atoms with van der Waals surface area (Å²) < 4.78 is 32.5. The minimum Gasteiger partial charge on any atom is -0.469 e. The van der Waals surface area contributed by atoms with E-state index in [0.717, 1.165) is 17.2 Å². The lowest BCUT2D eigenvalue weighted by molar-refractivity contribution is 0.506. The smallest absolute Gasteiger partial charge is 0.250 e. The summed E-state index contributed by atoms with van der Waals surface area (Å²) in [5.74, 6) is 0.776. The van der Waals surface area contributed by atoms with Gasteiger partial charge in [-0.25, -0.2) is 13.1 Å². The second-order valence-corrected chi connectivity index (χ2v) is 8.27. The zero-order valence-electron chi connectivity index (χ0n) is 11.5. The maximum absolute atomic E-state index is 12.2. The maximum Gasteiger partial charge on any atom is 0.250 e. The Balaban J connectivity index is 1.53. The van der Waals surface area contributed by atoms with Crippen LogP contribution in [0.3, 0.4) is 0 Å². The topological polar surface area (TPSA) is 71.3 Å². The van der Waals surface area contributed by atoms with E-state index in [1.54, 1.807) is 18.4 Å². The molecule has 3 rings (SSSR count). The molecule has 7 heteroatoms. The van der Waals surface area contributed by atoms with Crippen LogP contribution in [0.25, 0.3) is 0 Å². The van der Waals surface area contributed by atoms with Gasteiger partial charge in [0, 0.05) is 30.4 Å². The molecule has 0 atom stereocenters. The number of furan rings is 1. The third-order valence-electron chi connectivity index (χ3n) is 3.29. The summed E-state index contributed by atoms with van der Waals surface area (Å²) in [4.78, 5) is 1.05. The van der Waals surface area contributed by atoms with Crippen molar-refractivity contribution in [2.45, 2.75) is 36.1 Å². The van der Waals surface area contributed by atoms with E-state index in [4.69, 9.17) is 4.42 Å². The first kappa shape index (κ1) is 14.8. The second kappa shape index (κ2) is 6.31. The van der Waals surface area contributed by atoms with Crippen LogP contribution in [0.5, 0.6) is 0 Å². The predicted octanol–water partition coefficient (Wildman–Crippen LogP) is 2.11. The van der Waals surface area contributed by atoms with Gasteiger partial charge in [0.05, 0.1) is 6.26 Å². The summed E-state index contributed by atoms with van der Waals surface area (Å²) in [6, 6.07) is 7.80. The Hall–Kier alpha value is -1.15. The lowest BCUT2D eigenvalue weighted by Crippen LogP contribution is -2.25. The molecule has 1 saturated carbocycles. The Morgan fingerprint density at radius 3 is 2.86 bits per heavy atom. The van der Waals surface area contributed by atoms with Crippen LogP contribution in [0.15, 0.2) is 39.2 Å². The molecule has 2 aromatic heterocycles. The first-order chi connectivity index (χ1) is 10.1. The van der Waals surface area contributed by atoms with Crippen molar-refractivity contribution in [1.29, 1.82) is 0 Å². The molecule has 0 radical (unpaired) electrons. The summed E-state index contributed by atoms with van der Waals surface area (Å²) >= 11 is 1.32. The largest absolute Gasteiger partial charge is 0.469 e. The Morgan fingerprint density at radius 1 is 1.29 bits per heavy atom. The molecule has 5 nitrogen and oxygen atoms in total. The third-order valence-corrected chi connectivity index (χ3v) is 6.33. The SMILES string of the molecule is O=S(=O)(NCCc1ccco1)c1ccc(CNC2CC2)s1. The molecule has 2 heterocycles. The maximum atomic E-state index is 12.2. The van der Waals surface area contributed by atoms with Gasteiger partial charge in [-0.2, -0.15) is 0 Å². The summed E-state index contributed by atoms with van der Waals surface area (Å²) in [7, 11) is -3.42. The van der Waals surface area contributed by atoms with Crippen molar-refractivity contribution in [2.24, 2.45) is 0 Å². The van der Waals surface area contributed by atoms with Gasteiger partial charge >= 0.3 is 0 Å². The fraction of sp³-hybridized carbons (Fsp3) is 0.429. The minimum atomic E-state index is -3.42. The predicted molar refractivity (Wildman–Crippen MR) is 81.8 cm³/mol. The molecular weight excluding hydrogens is 308 g/mol. The fourth-order valence-electron chi connectivity index (χ4n) is 1.96. The van der Waals surface area contributed by atoms with Crippen molar-refractivity contribution in [3.63, 3.8) is 0 Å². The lowest BCUT2D eigenvalue weighted by atomic mass is 10.3. The van der Waals surface area contributed by atoms with E-state index in [9.17, 15) is 8.42 Å². The molecule has 0 aliphatic heterocycles. The second-order valence-electron chi connectivity index (χ2n) is 5.10. The molecule has 0 amide bonds. The van der Waals surface area contributed by atoms with Gasteiger partial charge in [0.1, 0.15) is 9.97 Å². The average molecular weight is 326 g/mol. The molecule has 0 bridgehead atoms. The molecule has 0 saturated heterocycles. The highest BCUT2D eigenvalue weighted by Crippen LogP contribution is 2.24. The molecule has 21 heavy (non-hydrogen) atoms. The Labute approximate surface area is 128 Å². The van der Waals surface area contributed by atoms with Crippen molar-refractivity contribution >= 4 is 21.4 Å². The van der Waals surface area contributed by atoms with Crippen LogP contribution >= 0.6 is 11.3 Å². The van der Waals surface area contributed by atoms with Gasteiger partial charge in [0.15, 0.2) is 0 Å². The Bertz CT molecular complexity index is 673. The molecule has 0 unspecified atom stereocenters. The highest BCUT2D eigenvalue weighted by molar-refractivity contribution is 7.91. The number of nitrogens with one attached hydrogen (secondary N) is 2. The molecular formula is C14H18N2O3S2. The first-order valence-corrected chi connectivity index (χ1v) is 9.27. The summed E-state index contributed by atoms with van der Waals surface area (Å²) in [5.41, 5.74) is 0. The summed E-state index contributed by atoms with van der Waals surface area (Å²) in [6.45, 7) is 1.08. The van der Waals surface area contributed by atoms with Crippen LogP contribution in [-0.2, 0) is 23.0 Å². The molecule has 1 fully saturated rings. The molecule has 0 aromatic carbocycles. The molecule has 2 aromatic rings. The van der Waals surface area contributed by atoms with Gasteiger partial charge in [-0.15, -0.1) is 11.3 Å². The fourth-order valence-corrected chi connectivity index (χ4v) is 4.35. The molecule has 114 valence electrons. The number of rotatable bonds is 8. The van der Waals surface area contributed by atoms with Crippen molar-refractivity contribution < 1.29 is 12.8 Å². The Kier molecular flexibility index (Phi) is 4.44. The van der Waals surface area contributed by atoms with E-state index in [1.165, 1.54) is 24.2 Å². The van der Waals surface area contributed by atoms with E-state index in [2.05, 4.69) is 10.0 Å². The quantitative estimate of drug-likeness (QED) is 0.779. The van der Waals surface area contributed by atoms with Crippen LogP contribution < -0.4 is 10.0 Å². The van der Waals surface area contributed by atoms with Gasteiger partial charge in [-0.05, 0) is 37.1 Å². The van der Waals surface area contributed by atoms with Crippen molar-refractivity contribution in [1.82, 2.24) is 10.0 Å². The van der Waals surface area contributed by atoms with Gasteiger partial charge < -0.3 is 9.73 Å². The normalized spacial score (nSPS) is 15.4. The first-order valence-electron chi connectivity index (χ1n) is 6.98. The highest BCUT2D eigenvalue weighted by atomic mass is 32.2. The van der Waals surface area contributed by atoms with Crippen LogP contribution in [0.1, 0.15) is 23.5 Å². The van der Waals surface area contributed by atoms with Gasteiger partial charge in [0.2, 0.25) is 10.0 Å². The highest BCUT2D eigenvalue weighted by Gasteiger charge is 2.21. The summed E-state index contributed by atoms with van der Waals surface area (Å²) in [5, 5.41) is 3.38. The average Bonchev–Trinajstić information content (AvgIpc) is 2.93. The van der Waals surface area contributed by atoms with E-state index < -0.39 is 10.0 Å². The zero-order chi connectivity index (χ0) is 14.7. The Morgan fingerprint density at radius 2 is 2.14 bits per heavy atom. The minimum absolute atomic E-state index is 0.337. The number of hydrogen-bond donors (Lipinski definition) is 2. The standard InChI is InChI=1S/C14H18N2O3S2/c17-21(18,16-8-7-12-2-1-9-19-12)14-6-5-13(20-14)10-15-11-3-4-11/h1-2,5-6,9,11,15-16H,3-4,7-8,10H2. The third kappa shape index (κ3) is 4.16. The van der Waals surface area contributed by atoms with Crippen LogP contribution in [0.4, 0.5) is 0 Å². The molecule has 2 N–H and O–H groups in total. The van der Waals surface area contributed by atoms with Crippen molar-refractivity contribution in [2.75, 3.05) is 6.54 Å². The molecule has 0 spiro atoms. The molecule has 1 aliphatic rings.